The molecule has 46 heavy (non-hydrogen) atoms. The molecule has 230 valence electrons. The van der Waals surface area contributed by atoms with Gasteiger partial charge in [-0.1, -0.05) is 97.1 Å². The van der Waals surface area contributed by atoms with Crippen molar-refractivity contribution in [2.45, 2.75) is 0 Å². The van der Waals surface area contributed by atoms with Gasteiger partial charge in [0, 0.05) is 11.1 Å². The van der Waals surface area contributed by atoms with E-state index in [0.29, 0.717) is 22.6 Å². The van der Waals surface area contributed by atoms with Gasteiger partial charge in [0.2, 0.25) is 0 Å². The maximum atomic E-state index is 12.2. The molecule has 0 fully saturated rings. The average Bonchev–Trinajstić information content (AvgIpc) is 3.10. The number of aliphatic hydroxyl groups is 2. The molecule has 0 radical (unpaired) electrons. The molecule has 0 saturated heterocycles. The van der Waals surface area contributed by atoms with Crippen LogP contribution in [0.25, 0.3) is 54.9 Å². The molecule has 0 spiro atoms. The number of rotatable bonds is 11. The van der Waals surface area contributed by atoms with E-state index >= 15 is 0 Å². The molecule has 0 aliphatic rings. The van der Waals surface area contributed by atoms with Gasteiger partial charge < -0.3 is 29.2 Å². The summed E-state index contributed by atoms with van der Waals surface area (Å²) in [5.74, 6) is -0.724. The maximum Gasteiger partial charge on any atom is 0.346 e. The minimum atomic E-state index is -0.760. The van der Waals surface area contributed by atoms with E-state index in [1.807, 2.05) is 97.1 Å². The Kier molecular flexibility index (Phi) is 9.19. The van der Waals surface area contributed by atoms with E-state index in [1.54, 1.807) is 12.1 Å². The smallest absolute Gasteiger partial charge is 0.346 e. The molecule has 0 amide bonds. The Balaban J connectivity index is 1.57. The van der Waals surface area contributed by atoms with Crippen molar-refractivity contribution < 1.29 is 38.7 Å². The quantitative estimate of drug-likeness (QED) is 0.122. The maximum absolute atomic E-state index is 12.2. The van der Waals surface area contributed by atoms with E-state index in [9.17, 15) is 9.59 Å². The first-order valence-electron chi connectivity index (χ1n) is 14.6. The standard InChI is InChI=1S/C38H30O8/c39-23-45-35(41)21-43-33-17-13-29-19-27(25-7-3-1-4-8-25)11-15-31(29)37(33)38-32-16-12-28(26-9-5-2-6-10-26)20-30(32)14-18-34(38)44-22-36(42)46-24-40/h1-20,39-40H,21-24H2. The van der Waals surface area contributed by atoms with Crippen LogP contribution in [0, 0.1) is 0 Å². The van der Waals surface area contributed by atoms with Gasteiger partial charge in [0.1, 0.15) is 11.5 Å². The van der Waals surface area contributed by atoms with E-state index in [0.717, 1.165) is 43.8 Å². The van der Waals surface area contributed by atoms with Crippen LogP contribution in [0.3, 0.4) is 0 Å². The van der Waals surface area contributed by atoms with Crippen LogP contribution in [0.4, 0.5) is 0 Å². The molecular weight excluding hydrogens is 584 g/mol. The van der Waals surface area contributed by atoms with Crippen molar-refractivity contribution in [1.29, 1.82) is 0 Å². The van der Waals surface area contributed by atoms with Gasteiger partial charge in [0.15, 0.2) is 26.8 Å². The zero-order valence-corrected chi connectivity index (χ0v) is 24.7. The third-order valence-corrected chi connectivity index (χ3v) is 7.57. The van der Waals surface area contributed by atoms with Crippen molar-refractivity contribution in [2.75, 3.05) is 26.8 Å². The van der Waals surface area contributed by atoms with Crippen molar-refractivity contribution in [3.05, 3.63) is 121 Å². The van der Waals surface area contributed by atoms with Crippen molar-refractivity contribution in [3.63, 3.8) is 0 Å². The summed E-state index contributed by atoms with van der Waals surface area (Å²) in [4.78, 5) is 24.4. The van der Waals surface area contributed by atoms with Crippen LogP contribution in [-0.4, -0.2) is 49.0 Å². The Bertz CT molecular complexity index is 1860. The molecule has 8 heteroatoms. The Morgan fingerprint density at radius 3 is 1.28 bits per heavy atom. The van der Waals surface area contributed by atoms with Gasteiger partial charge in [-0.25, -0.2) is 9.59 Å². The van der Waals surface area contributed by atoms with Crippen LogP contribution in [-0.2, 0) is 19.1 Å². The predicted molar refractivity (Wildman–Crippen MR) is 175 cm³/mol. The average molecular weight is 615 g/mol. The highest BCUT2D eigenvalue weighted by Crippen LogP contribution is 2.46. The fourth-order valence-electron chi connectivity index (χ4n) is 5.50. The Labute approximate surface area is 265 Å². The monoisotopic (exact) mass is 614 g/mol. The van der Waals surface area contributed by atoms with Crippen molar-refractivity contribution >= 4 is 33.5 Å². The lowest BCUT2D eigenvalue weighted by atomic mass is 9.90. The van der Waals surface area contributed by atoms with E-state index in [-0.39, 0.29) is 0 Å². The first kappa shape index (κ1) is 30.3. The Morgan fingerprint density at radius 2 is 0.891 bits per heavy atom. The normalized spacial score (nSPS) is 10.9. The lowest BCUT2D eigenvalue weighted by molar-refractivity contribution is -0.155. The highest BCUT2D eigenvalue weighted by molar-refractivity contribution is 6.11. The minimum absolute atomic E-state index is 0.372. The van der Waals surface area contributed by atoms with Gasteiger partial charge in [0.25, 0.3) is 0 Å². The van der Waals surface area contributed by atoms with Crippen molar-refractivity contribution in [1.82, 2.24) is 0 Å². The number of aliphatic hydroxyl groups excluding tert-OH is 2. The number of fused-ring (bicyclic) bond motifs is 2. The Morgan fingerprint density at radius 1 is 0.478 bits per heavy atom. The third kappa shape index (κ3) is 6.53. The number of benzene rings is 6. The van der Waals surface area contributed by atoms with Crippen LogP contribution in [0.2, 0.25) is 0 Å². The molecule has 6 aromatic carbocycles. The second kappa shape index (κ2) is 13.9. The third-order valence-electron chi connectivity index (χ3n) is 7.57. The van der Waals surface area contributed by atoms with Crippen LogP contribution >= 0.6 is 0 Å². The summed E-state index contributed by atoms with van der Waals surface area (Å²) < 4.78 is 21.4. The second-order valence-electron chi connectivity index (χ2n) is 10.3. The summed E-state index contributed by atoms with van der Waals surface area (Å²) in [6.45, 7) is -2.40. The van der Waals surface area contributed by atoms with Crippen LogP contribution in [0.15, 0.2) is 121 Å². The highest BCUT2D eigenvalue weighted by atomic mass is 16.6. The van der Waals surface area contributed by atoms with Crippen LogP contribution in [0.1, 0.15) is 0 Å². The fraction of sp³-hybridized carbons (Fsp3) is 0.105. The summed E-state index contributed by atoms with van der Waals surface area (Å²) in [7, 11) is 0. The van der Waals surface area contributed by atoms with Gasteiger partial charge in [-0.3, -0.25) is 0 Å². The summed E-state index contributed by atoms with van der Waals surface area (Å²) in [6.07, 6.45) is 0. The van der Waals surface area contributed by atoms with Crippen molar-refractivity contribution in [3.8, 4) is 44.9 Å². The van der Waals surface area contributed by atoms with Gasteiger partial charge >= 0.3 is 11.9 Å². The van der Waals surface area contributed by atoms with Gasteiger partial charge in [-0.2, -0.15) is 0 Å². The molecule has 0 saturated carbocycles. The minimum Gasteiger partial charge on any atom is -0.481 e. The van der Waals surface area contributed by atoms with E-state index in [2.05, 4.69) is 12.1 Å². The number of carbonyl (C=O) groups is 2. The Hall–Kier alpha value is -5.70. The van der Waals surface area contributed by atoms with E-state index in [4.69, 9.17) is 29.2 Å². The number of hydrogen-bond acceptors (Lipinski definition) is 8. The van der Waals surface area contributed by atoms with Crippen LogP contribution < -0.4 is 9.47 Å². The number of hydrogen-bond donors (Lipinski definition) is 2. The zero-order chi connectivity index (χ0) is 31.9. The molecule has 8 nitrogen and oxygen atoms in total. The van der Waals surface area contributed by atoms with E-state index in [1.165, 1.54) is 0 Å². The van der Waals surface area contributed by atoms with Crippen LogP contribution in [0.5, 0.6) is 11.5 Å². The van der Waals surface area contributed by atoms with E-state index < -0.39 is 38.7 Å². The molecule has 2 N–H and O–H groups in total. The lowest BCUT2D eigenvalue weighted by Crippen LogP contribution is -2.16. The molecule has 0 aromatic heterocycles. The summed E-state index contributed by atoms with van der Waals surface area (Å²) >= 11 is 0. The zero-order valence-electron chi connectivity index (χ0n) is 24.7. The molecule has 6 aromatic rings. The second-order valence-corrected chi connectivity index (χ2v) is 10.3. The van der Waals surface area contributed by atoms with Gasteiger partial charge in [-0.15, -0.1) is 0 Å². The SMILES string of the molecule is O=C(COc1ccc2cc(-c3ccccc3)ccc2c1-c1c(OCC(=O)OCO)ccc2cc(-c3ccccc3)ccc12)OCO. The molecule has 0 aliphatic carbocycles. The lowest BCUT2D eigenvalue weighted by Gasteiger charge is -2.20. The number of esters is 2. The number of ether oxygens (including phenoxy) is 4. The highest BCUT2D eigenvalue weighted by Gasteiger charge is 2.21. The van der Waals surface area contributed by atoms with Crippen molar-refractivity contribution in [2.24, 2.45) is 0 Å². The fourth-order valence-corrected chi connectivity index (χ4v) is 5.50. The first-order valence-corrected chi connectivity index (χ1v) is 14.6. The topological polar surface area (TPSA) is 112 Å². The molecular formula is C38H30O8. The first-order chi connectivity index (χ1) is 22.6. The largest absolute Gasteiger partial charge is 0.481 e. The molecule has 0 unspecified atom stereocenters. The van der Waals surface area contributed by atoms with Gasteiger partial charge in [-0.05, 0) is 68.1 Å². The molecule has 0 heterocycles. The molecule has 0 bridgehead atoms. The molecule has 6 rings (SSSR count). The molecule has 0 aliphatic heterocycles. The van der Waals surface area contributed by atoms with Gasteiger partial charge in [0.05, 0.1) is 0 Å². The predicted octanol–water partition coefficient (Wildman–Crippen LogP) is 6.74. The summed E-state index contributed by atoms with van der Waals surface area (Å²) in [6, 6.07) is 39.6. The summed E-state index contributed by atoms with van der Waals surface area (Å²) in [5, 5.41) is 21.6. The molecule has 0 atom stereocenters. The summed E-state index contributed by atoms with van der Waals surface area (Å²) in [5.41, 5.74) is 5.43. The number of carbonyl (C=O) groups excluding carboxylic acids is 2.